The number of nitrogen functional groups attached to an aromatic ring is 1. The van der Waals surface area contributed by atoms with E-state index in [1.165, 1.54) is 103 Å². The Bertz CT molecular complexity index is 6670. The largest absolute Gasteiger partial charge is 0.467 e. The molecule has 3 aromatic carbocycles. The van der Waals surface area contributed by atoms with E-state index in [0.717, 1.165) is 217 Å². The van der Waals surface area contributed by atoms with Gasteiger partial charge in [0, 0.05) is 278 Å². The van der Waals surface area contributed by atoms with Crippen molar-refractivity contribution in [3.63, 3.8) is 0 Å². The summed E-state index contributed by atoms with van der Waals surface area (Å²) in [4.78, 5) is 73.1. The number of halogens is 9. The minimum atomic E-state index is -4.29. The fraction of sp³-hybridized carbons (Fsp3) is 0.573. The number of nitrogens with one attached hydrogen (secondary N) is 3. The lowest BCUT2D eigenvalue weighted by Crippen LogP contribution is -2.52. The van der Waals surface area contributed by atoms with E-state index in [1.54, 1.807) is 21.3 Å². The highest BCUT2D eigenvalue weighted by molar-refractivity contribution is 7.88. The number of carbonyl (C=O) groups is 2. The molecule has 0 spiro atoms. The number of hydrogen-bond donors (Lipinski definition) is 5. The molecule has 6 saturated heterocycles. The highest BCUT2D eigenvalue weighted by atomic mass is 32.2. The van der Waals surface area contributed by atoms with Crippen LogP contribution in [0.3, 0.4) is 0 Å². The monoisotopic (exact) mass is 2090 g/mol. The molecule has 0 aliphatic carbocycles. The molecule has 6 fully saturated rings. The highest BCUT2D eigenvalue weighted by Gasteiger charge is 2.37. The van der Waals surface area contributed by atoms with Crippen LogP contribution in [-0.4, -0.2) is 325 Å². The number of piperazine rings is 3. The maximum Gasteiger partial charge on any atom is 0.393 e. The molecule has 6 aliphatic heterocycles. The number of thiophene rings is 3. The lowest BCUT2D eigenvalue weighted by atomic mass is 10.0. The van der Waals surface area contributed by atoms with Crippen LogP contribution in [0, 0.1) is 41.5 Å². The molecular formula is C103H139F9N24O5S4. The first-order chi connectivity index (χ1) is 68.8. The second-order valence-corrected chi connectivity index (χ2v) is 46.1. The molecule has 18 rings (SSSR count). The number of rotatable bonds is 31. The number of aryl methyl sites for hydroxylation is 7. The Hall–Kier alpha value is -9.70. The van der Waals surface area contributed by atoms with Gasteiger partial charge >= 0.3 is 24.5 Å². The Balaban J connectivity index is 0.000000156. The number of carbonyl (C=O) groups excluding carboxylic acids is 2. The molecule has 0 unspecified atom stereocenters. The van der Waals surface area contributed by atoms with Crippen LogP contribution in [-0.2, 0) is 84.6 Å². The number of hydrogen-bond acceptors (Lipinski definition) is 26. The maximum absolute atomic E-state index is 13.1. The van der Waals surface area contributed by atoms with Crippen LogP contribution in [0.5, 0.6) is 6.01 Å². The number of piperidine rings is 3. The molecular weight excluding hydrogens is 1950 g/mol. The van der Waals surface area contributed by atoms with Gasteiger partial charge in [-0.1, -0.05) is 25.1 Å². The zero-order valence-corrected chi connectivity index (χ0v) is 88.8. The predicted octanol–water partition coefficient (Wildman–Crippen LogP) is 16.0. The van der Waals surface area contributed by atoms with Gasteiger partial charge in [0.1, 0.15) is 37.8 Å². The van der Waals surface area contributed by atoms with Crippen molar-refractivity contribution in [3.8, 4) is 6.01 Å². The number of aromatic nitrogens is 9. The average molecular weight is 2090 g/mol. The van der Waals surface area contributed by atoms with Gasteiger partial charge in [0.15, 0.2) is 0 Å². The number of anilines is 4. The number of primary amides is 1. The smallest absolute Gasteiger partial charge is 0.393 e. The number of ether oxygens (including phenoxy) is 1. The van der Waals surface area contributed by atoms with E-state index in [0.29, 0.717) is 98.6 Å². The first kappa shape index (κ1) is 108. The zero-order valence-electron chi connectivity index (χ0n) is 85.6. The van der Waals surface area contributed by atoms with Gasteiger partial charge in [-0.25, -0.2) is 23.4 Å². The van der Waals surface area contributed by atoms with Gasteiger partial charge in [0.05, 0.1) is 61.9 Å². The summed E-state index contributed by atoms with van der Waals surface area (Å²) in [5, 5.41) is 16.3. The Morgan fingerprint density at radius 1 is 0.448 bits per heavy atom. The van der Waals surface area contributed by atoms with Crippen molar-refractivity contribution in [2.24, 2.45) is 5.73 Å². The number of likely N-dealkylation sites (N-methyl/N-ethyl adjacent to an activating group) is 1. The number of methoxy groups -OCH3 is 1. The predicted molar refractivity (Wildman–Crippen MR) is 562 cm³/mol. The van der Waals surface area contributed by atoms with Crippen molar-refractivity contribution >= 4 is 143 Å². The number of nitrogens with zero attached hydrogens (tertiary/aromatic N) is 19. The summed E-state index contributed by atoms with van der Waals surface area (Å²) in [6, 6.07) is 26.8. The van der Waals surface area contributed by atoms with E-state index in [1.807, 2.05) is 21.0 Å². The summed E-state index contributed by atoms with van der Waals surface area (Å²) in [6.07, 6.45) is -8.45. The summed E-state index contributed by atoms with van der Waals surface area (Å²) in [5.74, 6) is 2.28. The van der Waals surface area contributed by atoms with Crippen molar-refractivity contribution in [2.45, 2.75) is 227 Å². The number of fused-ring (bicyclic) bond motifs is 6. The molecule has 788 valence electrons. The van der Waals surface area contributed by atoms with Crippen molar-refractivity contribution < 1.29 is 62.3 Å². The lowest BCUT2D eigenvalue weighted by molar-refractivity contribution is -0.130. The lowest BCUT2D eigenvalue weighted by Gasteiger charge is -2.38. The SMILES string of the molecule is CCc1nc(NC2CCN(Cc3ccc4c(cc(C)n4C[C@H](C)N4CCN(CC(N)=O)CC4)c3C)CC2)c2cc(CC(F)(F)F)sc2n1.COc1nc(NC2CCN(Cc3ccc4c(cc(C)n4C[C@H](C)N4CCN(S(C)(=O)=O)CC4)c3C)CC2)c2cc(CC(F)(F)F)sc2n1.Cc1c(CN2CCC(Nc3nc(N)nc4sc(CC(F)(F)F)cc34)CC2)ccc2c1cc(C)n2C[C@H](C)N1CCN(CC(=O)N(C)C)CC1. The molecule has 2 amide bonds. The first-order valence-electron chi connectivity index (χ1n) is 50.5. The second-order valence-electron chi connectivity index (χ2n) is 40.7. The Morgan fingerprint density at radius 3 is 1.11 bits per heavy atom. The second kappa shape index (κ2) is 45.8. The third-order valence-electron chi connectivity index (χ3n) is 30.0. The van der Waals surface area contributed by atoms with E-state index in [-0.39, 0.29) is 62.6 Å². The van der Waals surface area contributed by atoms with Crippen LogP contribution in [0.15, 0.2) is 72.8 Å². The molecule has 12 aromatic rings. The number of likely N-dealkylation sites (tertiary alicyclic amines) is 3. The topological polar surface area (TPSA) is 290 Å². The summed E-state index contributed by atoms with van der Waals surface area (Å²) < 4.78 is 155. The molecule has 7 N–H and O–H groups in total. The minimum absolute atomic E-state index is 0.0602. The maximum atomic E-state index is 13.1. The van der Waals surface area contributed by atoms with E-state index in [4.69, 9.17) is 16.2 Å². The summed E-state index contributed by atoms with van der Waals surface area (Å²) >= 11 is 3.15. The standard InChI is InChI=1S/C35H48F3N9OS.C35H47F3N8OS.C33H44F3N7O3S2/c1-22-16-28-24(3)25(6-7-30(28)47(22)19-23(2)46-14-12-45(13-15-46)21-31(48)43(4)5)20-44-10-8-26(9-11-44)40-32-29-17-27(18-35(36,37)38)49-33(29)42-34(39)41-32;1-5-32-41-33(29-17-27(18-35(36,37)38)48-34(29)42-32)40-26-8-10-43(11-9-26)20-25-6-7-30-28(24(25)4)16-22(2)46(30)19-23(3)45-14-12-44(13-15-45)21-31(39)47;1-21-16-27-23(3)24(6-7-29(27)43(21)19-22(2)41-12-14-42(15-13-41)48(5,44)45)20-40-10-8-25(9-11-40)37-30-28-17-26(18-33(34,35)36)47-31(28)39-32(38-30)46-4/h6-7,16-17,23,26H,8-15,18-21H2,1-5H3,(H3,39,40,41,42);6-7,16-17,23,26H,5,8-15,18-21H2,1-4H3,(H2,39,47)(H,40,41,42);6-7,16-17,22,25H,8-15,18-20H2,1-5H3,(H,37,38,39)/t2*23-;22-/m000/s1. The minimum Gasteiger partial charge on any atom is -0.467 e. The Kier molecular flexibility index (Phi) is 34.1. The van der Waals surface area contributed by atoms with Gasteiger partial charge in [-0.2, -0.15) is 58.8 Å². The normalized spacial score (nSPS) is 18.3. The fourth-order valence-electron chi connectivity index (χ4n) is 21.5. The summed E-state index contributed by atoms with van der Waals surface area (Å²) in [5.41, 5.74) is 26.7. The van der Waals surface area contributed by atoms with Crippen LogP contribution in [0.4, 0.5) is 62.9 Å². The molecule has 29 nitrogen and oxygen atoms in total. The average Bonchev–Trinajstić information content (AvgIpc) is 1.59. The van der Waals surface area contributed by atoms with Crippen LogP contribution in [0.1, 0.15) is 137 Å². The van der Waals surface area contributed by atoms with Crippen LogP contribution in [0.2, 0.25) is 0 Å². The number of nitrogens with two attached hydrogens (primary N) is 2. The van der Waals surface area contributed by atoms with Gasteiger partial charge in [-0.15, -0.1) is 34.0 Å². The van der Waals surface area contributed by atoms with Gasteiger partial charge in [-0.05, 0) is 189 Å². The Morgan fingerprint density at radius 2 is 0.779 bits per heavy atom. The van der Waals surface area contributed by atoms with Gasteiger partial charge < -0.3 is 50.8 Å². The quantitative estimate of drug-likeness (QED) is 0.0252. The molecule has 0 radical (unpaired) electrons. The van der Waals surface area contributed by atoms with Gasteiger partial charge in [0.2, 0.25) is 27.8 Å². The molecule has 42 heteroatoms. The number of amides is 2. The van der Waals surface area contributed by atoms with E-state index >= 15 is 0 Å². The van der Waals surface area contributed by atoms with Crippen molar-refractivity contribution in [1.29, 1.82) is 0 Å². The number of sulfonamides is 1. The van der Waals surface area contributed by atoms with Crippen LogP contribution in [0.25, 0.3) is 63.4 Å². The molecule has 15 heterocycles. The van der Waals surface area contributed by atoms with Gasteiger partial charge in [0.25, 0.3) is 0 Å². The van der Waals surface area contributed by atoms with Crippen LogP contribution >= 0.6 is 34.0 Å². The molecule has 6 aliphatic rings. The molecule has 9 aromatic heterocycles. The molecule has 3 atom stereocenters. The summed E-state index contributed by atoms with van der Waals surface area (Å²) in [6.45, 7) is 43.3. The summed E-state index contributed by atoms with van der Waals surface area (Å²) in [7, 11) is 1.92. The van der Waals surface area contributed by atoms with Crippen molar-refractivity contribution in [3.05, 3.63) is 144 Å². The van der Waals surface area contributed by atoms with E-state index < -0.39 is 47.8 Å². The number of benzene rings is 3. The molecule has 145 heavy (non-hydrogen) atoms. The van der Waals surface area contributed by atoms with E-state index in [2.05, 4.69) is 216 Å². The third kappa shape index (κ3) is 27.1. The van der Waals surface area contributed by atoms with Crippen molar-refractivity contribution in [2.75, 3.05) is 180 Å². The van der Waals surface area contributed by atoms with Crippen LogP contribution < -0.4 is 32.2 Å². The van der Waals surface area contributed by atoms with Crippen molar-refractivity contribution in [1.82, 2.24) is 92.0 Å². The Labute approximate surface area is 854 Å². The highest BCUT2D eigenvalue weighted by Crippen LogP contribution is 2.41. The third-order valence-corrected chi connectivity index (χ3v) is 34.4. The molecule has 0 saturated carbocycles. The van der Waals surface area contributed by atoms with E-state index in [9.17, 15) is 57.5 Å². The first-order valence-corrected chi connectivity index (χ1v) is 54.8. The van der Waals surface area contributed by atoms with Gasteiger partial charge in [-0.3, -0.25) is 48.8 Å². The zero-order chi connectivity index (χ0) is 104. The number of alkyl halides is 9. The molecule has 0 bridgehead atoms. The fourth-order valence-corrected chi connectivity index (χ4v) is 25.5.